The topological polar surface area (TPSA) is 55.1 Å². The Kier molecular flexibility index (Phi) is 4.12. The first kappa shape index (κ1) is 13.2. The second-order valence-corrected chi connectivity index (χ2v) is 5.43. The Morgan fingerprint density at radius 1 is 1.22 bits per heavy atom. The van der Waals surface area contributed by atoms with Gasteiger partial charge in [0.25, 0.3) is 0 Å². The van der Waals surface area contributed by atoms with E-state index >= 15 is 0 Å². The SMILES string of the molecule is NC(=O)C1(Nc2cccc(Cl)c2)CCCCCC1. The summed E-state index contributed by atoms with van der Waals surface area (Å²) in [6, 6.07) is 7.44. The maximum absolute atomic E-state index is 11.8. The number of nitrogens with one attached hydrogen (secondary N) is 1. The molecule has 1 saturated carbocycles. The fraction of sp³-hybridized carbons (Fsp3) is 0.500. The molecular formula is C14H19ClN2O. The lowest BCUT2D eigenvalue weighted by molar-refractivity contribution is -0.122. The summed E-state index contributed by atoms with van der Waals surface area (Å²) in [5.41, 5.74) is 5.88. The number of rotatable bonds is 3. The van der Waals surface area contributed by atoms with Crippen molar-refractivity contribution >= 4 is 23.2 Å². The third kappa shape index (κ3) is 2.96. The number of anilines is 1. The molecule has 18 heavy (non-hydrogen) atoms. The number of carbonyl (C=O) groups is 1. The smallest absolute Gasteiger partial charge is 0.243 e. The average molecular weight is 267 g/mol. The van der Waals surface area contributed by atoms with Gasteiger partial charge in [-0.15, -0.1) is 0 Å². The first-order valence-electron chi connectivity index (χ1n) is 6.46. The normalized spacial score (nSPS) is 18.9. The second kappa shape index (κ2) is 5.61. The molecule has 1 aliphatic rings. The fourth-order valence-corrected chi connectivity index (χ4v) is 2.80. The molecule has 0 spiro atoms. The fourth-order valence-electron chi connectivity index (χ4n) is 2.61. The Hall–Kier alpha value is -1.22. The van der Waals surface area contributed by atoms with Crippen molar-refractivity contribution in [1.29, 1.82) is 0 Å². The van der Waals surface area contributed by atoms with Crippen LogP contribution in [-0.2, 0) is 4.79 Å². The summed E-state index contributed by atoms with van der Waals surface area (Å²) in [5, 5.41) is 3.98. The van der Waals surface area contributed by atoms with Crippen LogP contribution in [0.2, 0.25) is 5.02 Å². The summed E-state index contributed by atoms with van der Waals surface area (Å²) < 4.78 is 0. The summed E-state index contributed by atoms with van der Waals surface area (Å²) in [4.78, 5) is 11.8. The van der Waals surface area contributed by atoms with Gasteiger partial charge in [0.1, 0.15) is 5.54 Å². The lowest BCUT2D eigenvalue weighted by Crippen LogP contribution is -2.50. The van der Waals surface area contributed by atoms with Crippen LogP contribution in [0.3, 0.4) is 0 Å². The van der Waals surface area contributed by atoms with Crippen LogP contribution in [0.15, 0.2) is 24.3 Å². The van der Waals surface area contributed by atoms with Gasteiger partial charge in [-0.05, 0) is 31.0 Å². The maximum atomic E-state index is 11.8. The molecule has 3 nitrogen and oxygen atoms in total. The van der Waals surface area contributed by atoms with Gasteiger partial charge in [0.15, 0.2) is 0 Å². The molecule has 1 amide bonds. The van der Waals surface area contributed by atoms with Crippen LogP contribution in [-0.4, -0.2) is 11.4 Å². The van der Waals surface area contributed by atoms with Crippen molar-refractivity contribution in [2.75, 3.05) is 5.32 Å². The standard InChI is InChI=1S/C14H19ClN2O/c15-11-6-5-7-12(10-11)17-14(13(16)18)8-3-1-2-4-9-14/h5-7,10,17H,1-4,8-9H2,(H2,16,18). The summed E-state index contributed by atoms with van der Waals surface area (Å²) >= 11 is 5.96. The predicted molar refractivity (Wildman–Crippen MR) is 74.7 cm³/mol. The molecule has 0 aliphatic heterocycles. The molecule has 1 fully saturated rings. The van der Waals surface area contributed by atoms with Gasteiger partial charge in [-0.25, -0.2) is 0 Å². The number of nitrogens with two attached hydrogens (primary N) is 1. The van der Waals surface area contributed by atoms with Gasteiger partial charge in [-0.3, -0.25) is 4.79 Å². The Bertz CT molecular complexity index is 426. The van der Waals surface area contributed by atoms with E-state index in [-0.39, 0.29) is 5.91 Å². The number of halogens is 1. The van der Waals surface area contributed by atoms with Crippen molar-refractivity contribution in [3.63, 3.8) is 0 Å². The molecule has 3 N–H and O–H groups in total. The lowest BCUT2D eigenvalue weighted by atomic mass is 9.89. The van der Waals surface area contributed by atoms with Crippen molar-refractivity contribution in [2.45, 2.75) is 44.1 Å². The zero-order chi connectivity index (χ0) is 13.0. The molecule has 0 bridgehead atoms. The lowest BCUT2D eigenvalue weighted by Gasteiger charge is -2.31. The van der Waals surface area contributed by atoms with Gasteiger partial charge in [-0.1, -0.05) is 43.4 Å². The van der Waals surface area contributed by atoms with E-state index in [4.69, 9.17) is 17.3 Å². The van der Waals surface area contributed by atoms with Crippen molar-refractivity contribution in [2.24, 2.45) is 5.73 Å². The highest BCUT2D eigenvalue weighted by Gasteiger charge is 2.36. The van der Waals surface area contributed by atoms with Gasteiger partial charge >= 0.3 is 0 Å². The van der Waals surface area contributed by atoms with Gasteiger partial charge < -0.3 is 11.1 Å². The zero-order valence-corrected chi connectivity index (χ0v) is 11.2. The van der Waals surface area contributed by atoms with Crippen LogP contribution in [0.4, 0.5) is 5.69 Å². The molecule has 0 unspecified atom stereocenters. The summed E-state index contributed by atoms with van der Waals surface area (Å²) in [7, 11) is 0. The Balaban J connectivity index is 2.22. The van der Waals surface area contributed by atoms with Crippen molar-refractivity contribution < 1.29 is 4.79 Å². The molecular weight excluding hydrogens is 248 g/mol. The molecule has 1 aromatic rings. The summed E-state index contributed by atoms with van der Waals surface area (Å²) in [6.07, 6.45) is 6.02. The van der Waals surface area contributed by atoms with Crippen LogP contribution < -0.4 is 11.1 Å². The Morgan fingerprint density at radius 2 is 1.89 bits per heavy atom. The van der Waals surface area contributed by atoms with E-state index in [1.165, 1.54) is 12.8 Å². The Morgan fingerprint density at radius 3 is 2.44 bits per heavy atom. The van der Waals surface area contributed by atoms with Crippen LogP contribution in [0.25, 0.3) is 0 Å². The van der Waals surface area contributed by atoms with Crippen molar-refractivity contribution in [1.82, 2.24) is 0 Å². The first-order valence-corrected chi connectivity index (χ1v) is 6.84. The van der Waals surface area contributed by atoms with Gasteiger partial charge in [-0.2, -0.15) is 0 Å². The summed E-state index contributed by atoms with van der Waals surface area (Å²) in [6.45, 7) is 0. The number of hydrogen-bond donors (Lipinski definition) is 2. The molecule has 4 heteroatoms. The third-order valence-electron chi connectivity index (χ3n) is 3.64. The molecule has 0 radical (unpaired) electrons. The Labute approximate surface area is 113 Å². The minimum atomic E-state index is -0.610. The molecule has 1 aromatic carbocycles. The van der Waals surface area contributed by atoms with Crippen molar-refractivity contribution in [3.8, 4) is 0 Å². The molecule has 2 rings (SSSR count). The number of primary amides is 1. The molecule has 98 valence electrons. The minimum absolute atomic E-state index is 0.260. The number of amides is 1. The highest BCUT2D eigenvalue weighted by Crippen LogP contribution is 2.31. The number of benzene rings is 1. The second-order valence-electron chi connectivity index (χ2n) is 5.00. The maximum Gasteiger partial charge on any atom is 0.243 e. The molecule has 0 heterocycles. The number of hydrogen-bond acceptors (Lipinski definition) is 2. The quantitative estimate of drug-likeness (QED) is 0.825. The van der Waals surface area contributed by atoms with Crippen LogP contribution >= 0.6 is 11.6 Å². The van der Waals surface area contributed by atoms with E-state index in [1.54, 1.807) is 0 Å². The molecule has 0 aromatic heterocycles. The average Bonchev–Trinajstić information content (AvgIpc) is 2.55. The van der Waals surface area contributed by atoms with Gasteiger partial charge in [0.05, 0.1) is 0 Å². The van der Waals surface area contributed by atoms with Crippen LogP contribution in [0.1, 0.15) is 38.5 Å². The third-order valence-corrected chi connectivity index (χ3v) is 3.87. The molecule has 0 saturated heterocycles. The number of carbonyl (C=O) groups excluding carboxylic acids is 1. The highest BCUT2D eigenvalue weighted by molar-refractivity contribution is 6.30. The van der Waals surface area contributed by atoms with Gasteiger partial charge in [0, 0.05) is 10.7 Å². The van der Waals surface area contributed by atoms with Gasteiger partial charge in [0.2, 0.25) is 5.91 Å². The minimum Gasteiger partial charge on any atom is -0.371 e. The molecule has 1 aliphatic carbocycles. The zero-order valence-electron chi connectivity index (χ0n) is 10.4. The van der Waals surface area contributed by atoms with E-state index in [9.17, 15) is 4.79 Å². The monoisotopic (exact) mass is 266 g/mol. The van der Waals surface area contributed by atoms with Crippen LogP contribution in [0.5, 0.6) is 0 Å². The highest BCUT2D eigenvalue weighted by atomic mass is 35.5. The first-order chi connectivity index (χ1) is 8.62. The van der Waals surface area contributed by atoms with E-state index in [0.29, 0.717) is 5.02 Å². The van der Waals surface area contributed by atoms with Crippen LogP contribution in [0, 0.1) is 0 Å². The van der Waals surface area contributed by atoms with E-state index < -0.39 is 5.54 Å². The van der Waals surface area contributed by atoms with Crippen molar-refractivity contribution in [3.05, 3.63) is 29.3 Å². The largest absolute Gasteiger partial charge is 0.371 e. The summed E-state index contributed by atoms with van der Waals surface area (Å²) in [5.74, 6) is -0.260. The van der Waals surface area contributed by atoms with E-state index in [2.05, 4.69) is 5.32 Å². The van der Waals surface area contributed by atoms with E-state index in [1.807, 2.05) is 24.3 Å². The van der Waals surface area contributed by atoms with E-state index in [0.717, 1.165) is 31.4 Å². The predicted octanol–water partition coefficient (Wildman–Crippen LogP) is 3.33. The molecule has 0 atom stereocenters.